The van der Waals surface area contributed by atoms with Crippen LogP contribution in [0.15, 0.2) is 54.6 Å². The van der Waals surface area contributed by atoms with Crippen LogP contribution in [-0.2, 0) is 0 Å². The zero-order chi connectivity index (χ0) is 16.1. The largest absolute Gasteiger partial charge is 0.457 e. The van der Waals surface area contributed by atoms with Crippen LogP contribution in [-0.4, -0.2) is 37.5 Å². The molecule has 1 saturated heterocycles. The number of carbonyl (C=O) groups is 1. The molecule has 0 aromatic heterocycles. The van der Waals surface area contributed by atoms with Crippen LogP contribution in [0.2, 0.25) is 0 Å². The highest BCUT2D eigenvalue weighted by Crippen LogP contribution is 2.27. The van der Waals surface area contributed by atoms with Gasteiger partial charge in [-0.15, -0.1) is 12.4 Å². The highest BCUT2D eigenvalue weighted by molar-refractivity contribution is 5.97. The molecule has 1 atom stereocenters. The molecule has 1 heterocycles. The number of hydrogen-bond acceptors (Lipinski definition) is 3. The quantitative estimate of drug-likeness (QED) is 0.899. The Labute approximate surface area is 149 Å². The molecule has 0 radical (unpaired) electrons. The average molecular weight is 347 g/mol. The van der Waals surface area contributed by atoms with Crippen molar-refractivity contribution in [3.63, 3.8) is 0 Å². The highest BCUT2D eigenvalue weighted by Gasteiger charge is 2.28. The molecular formula is C19H23ClN2O2. The van der Waals surface area contributed by atoms with Crippen LogP contribution in [0, 0.1) is 5.92 Å². The zero-order valence-corrected chi connectivity index (χ0v) is 14.6. The van der Waals surface area contributed by atoms with Gasteiger partial charge < -0.3 is 15.0 Å². The van der Waals surface area contributed by atoms with Crippen molar-refractivity contribution in [1.82, 2.24) is 10.2 Å². The van der Waals surface area contributed by atoms with Crippen LogP contribution in [0.5, 0.6) is 11.5 Å². The molecule has 1 amide bonds. The Balaban J connectivity index is 0.00000208. The first kappa shape index (κ1) is 18.3. The van der Waals surface area contributed by atoms with Crippen molar-refractivity contribution in [1.29, 1.82) is 0 Å². The summed E-state index contributed by atoms with van der Waals surface area (Å²) in [5, 5.41) is 3.19. The molecule has 24 heavy (non-hydrogen) atoms. The smallest absolute Gasteiger partial charge is 0.257 e. The second-order valence-electron chi connectivity index (χ2n) is 5.87. The lowest BCUT2D eigenvalue weighted by Crippen LogP contribution is -2.30. The second kappa shape index (κ2) is 8.71. The van der Waals surface area contributed by atoms with Gasteiger partial charge in [-0.1, -0.05) is 30.3 Å². The molecule has 5 heteroatoms. The van der Waals surface area contributed by atoms with Crippen LogP contribution in [0.1, 0.15) is 16.8 Å². The van der Waals surface area contributed by atoms with E-state index in [9.17, 15) is 4.79 Å². The fraction of sp³-hybridized carbons (Fsp3) is 0.316. The lowest BCUT2D eigenvalue weighted by atomic mass is 10.1. The summed E-state index contributed by atoms with van der Waals surface area (Å²) in [4.78, 5) is 14.8. The summed E-state index contributed by atoms with van der Waals surface area (Å²) < 4.78 is 5.90. The van der Waals surface area contributed by atoms with E-state index in [1.54, 1.807) is 0 Å². The van der Waals surface area contributed by atoms with Gasteiger partial charge in [0.1, 0.15) is 11.5 Å². The monoisotopic (exact) mass is 346 g/mol. The minimum Gasteiger partial charge on any atom is -0.457 e. The van der Waals surface area contributed by atoms with Crippen molar-refractivity contribution in [3.8, 4) is 11.5 Å². The summed E-state index contributed by atoms with van der Waals surface area (Å²) in [6.07, 6.45) is 1.05. The maximum Gasteiger partial charge on any atom is 0.257 e. The van der Waals surface area contributed by atoms with Crippen molar-refractivity contribution >= 4 is 18.3 Å². The fourth-order valence-corrected chi connectivity index (χ4v) is 2.99. The minimum absolute atomic E-state index is 0. The van der Waals surface area contributed by atoms with Crippen LogP contribution in [0.25, 0.3) is 0 Å². The van der Waals surface area contributed by atoms with Crippen molar-refractivity contribution < 1.29 is 9.53 Å². The predicted molar refractivity (Wildman–Crippen MR) is 98.1 cm³/mol. The van der Waals surface area contributed by atoms with Gasteiger partial charge in [0.25, 0.3) is 5.91 Å². The predicted octanol–water partition coefficient (Wildman–Crippen LogP) is 3.58. The third kappa shape index (κ3) is 4.28. The highest BCUT2D eigenvalue weighted by atomic mass is 35.5. The molecule has 1 unspecified atom stereocenters. The Morgan fingerprint density at radius 1 is 1.17 bits per heavy atom. The summed E-state index contributed by atoms with van der Waals surface area (Å²) in [5.41, 5.74) is 0.626. The van der Waals surface area contributed by atoms with E-state index in [0.29, 0.717) is 17.2 Å². The second-order valence-corrected chi connectivity index (χ2v) is 5.87. The summed E-state index contributed by atoms with van der Waals surface area (Å²) in [6.45, 7) is 2.57. The van der Waals surface area contributed by atoms with Gasteiger partial charge in [0, 0.05) is 13.1 Å². The number of likely N-dealkylation sites (tertiary alicyclic amines) is 1. The minimum atomic E-state index is 0. The first-order valence-electron chi connectivity index (χ1n) is 8.03. The average Bonchev–Trinajstić information content (AvgIpc) is 3.05. The van der Waals surface area contributed by atoms with E-state index in [4.69, 9.17) is 4.74 Å². The Morgan fingerprint density at radius 3 is 2.62 bits per heavy atom. The Kier molecular flexibility index (Phi) is 6.64. The summed E-state index contributed by atoms with van der Waals surface area (Å²) in [5.74, 6) is 1.93. The fourth-order valence-electron chi connectivity index (χ4n) is 2.99. The molecule has 2 aromatic rings. The van der Waals surface area contributed by atoms with Crippen molar-refractivity contribution in [3.05, 3.63) is 60.2 Å². The van der Waals surface area contributed by atoms with Crippen molar-refractivity contribution in [2.45, 2.75) is 6.42 Å². The molecule has 0 spiro atoms. The number of rotatable bonds is 5. The summed E-state index contributed by atoms with van der Waals surface area (Å²) in [7, 11) is 1.95. The molecule has 1 aliphatic heterocycles. The van der Waals surface area contributed by atoms with E-state index >= 15 is 0 Å². The molecule has 128 valence electrons. The number of hydrogen-bond donors (Lipinski definition) is 1. The van der Waals surface area contributed by atoms with Crippen molar-refractivity contribution in [2.75, 3.05) is 26.7 Å². The number of halogens is 1. The van der Waals surface area contributed by atoms with Gasteiger partial charge in [0.05, 0.1) is 5.56 Å². The lowest BCUT2D eigenvalue weighted by Gasteiger charge is -2.18. The molecule has 2 aromatic carbocycles. The zero-order valence-electron chi connectivity index (χ0n) is 13.8. The molecule has 0 aliphatic carbocycles. The van der Waals surface area contributed by atoms with Gasteiger partial charge in [-0.2, -0.15) is 0 Å². The number of amides is 1. The Morgan fingerprint density at radius 2 is 1.88 bits per heavy atom. The standard InChI is InChI=1S/C19H22N2O2.ClH/c1-20-13-15-11-12-21(14-15)19(22)17-9-5-6-10-18(17)23-16-7-3-2-4-8-16;/h2-10,15,20H,11-14H2,1H3;1H. The van der Waals surface area contributed by atoms with Crippen LogP contribution in [0.3, 0.4) is 0 Å². The summed E-state index contributed by atoms with van der Waals surface area (Å²) >= 11 is 0. The van der Waals surface area contributed by atoms with E-state index in [1.165, 1.54) is 0 Å². The molecular weight excluding hydrogens is 324 g/mol. The van der Waals surface area contributed by atoms with Gasteiger partial charge in [0.15, 0.2) is 0 Å². The summed E-state index contributed by atoms with van der Waals surface area (Å²) in [6, 6.07) is 17.0. The number of para-hydroxylation sites is 2. The normalized spacial score (nSPS) is 16.5. The third-order valence-corrected chi connectivity index (χ3v) is 4.15. The van der Waals surface area contributed by atoms with E-state index in [-0.39, 0.29) is 18.3 Å². The van der Waals surface area contributed by atoms with Crippen LogP contribution in [0.4, 0.5) is 0 Å². The van der Waals surface area contributed by atoms with Crippen LogP contribution >= 0.6 is 12.4 Å². The van der Waals surface area contributed by atoms with Gasteiger partial charge in [-0.3, -0.25) is 4.79 Å². The van der Waals surface area contributed by atoms with E-state index in [0.717, 1.165) is 31.8 Å². The SMILES string of the molecule is CNCC1CCN(C(=O)c2ccccc2Oc2ccccc2)C1.Cl. The van der Waals surface area contributed by atoms with Gasteiger partial charge in [0.2, 0.25) is 0 Å². The maximum atomic E-state index is 12.8. The van der Waals surface area contributed by atoms with E-state index < -0.39 is 0 Å². The molecule has 0 saturated carbocycles. The van der Waals surface area contributed by atoms with Crippen molar-refractivity contribution in [2.24, 2.45) is 5.92 Å². The third-order valence-electron chi connectivity index (χ3n) is 4.15. The topological polar surface area (TPSA) is 41.6 Å². The van der Waals surface area contributed by atoms with Gasteiger partial charge in [-0.25, -0.2) is 0 Å². The molecule has 1 fully saturated rings. The first-order chi connectivity index (χ1) is 11.3. The molecule has 1 aliphatic rings. The van der Waals surface area contributed by atoms with Gasteiger partial charge in [-0.05, 0) is 50.2 Å². The Hall–Kier alpha value is -2.04. The molecule has 3 rings (SSSR count). The molecule has 0 bridgehead atoms. The lowest BCUT2D eigenvalue weighted by molar-refractivity contribution is 0.0784. The van der Waals surface area contributed by atoms with E-state index in [2.05, 4.69) is 5.32 Å². The number of nitrogens with zero attached hydrogens (tertiary/aromatic N) is 1. The molecule has 1 N–H and O–H groups in total. The van der Waals surface area contributed by atoms with E-state index in [1.807, 2.05) is 66.5 Å². The molecule has 4 nitrogen and oxygen atoms in total. The first-order valence-corrected chi connectivity index (χ1v) is 8.03. The maximum absolute atomic E-state index is 12.8. The number of nitrogens with one attached hydrogen (secondary N) is 1. The number of ether oxygens (including phenoxy) is 1. The number of benzene rings is 2. The van der Waals surface area contributed by atoms with Gasteiger partial charge >= 0.3 is 0 Å². The number of carbonyl (C=O) groups excluding carboxylic acids is 1. The van der Waals surface area contributed by atoms with Crippen LogP contribution < -0.4 is 10.1 Å². The Bertz CT molecular complexity index is 663.